The minimum absolute atomic E-state index is 0.173. The number of benzene rings is 1. The third-order valence-corrected chi connectivity index (χ3v) is 3.20. The highest BCUT2D eigenvalue weighted by Gasteiger charge is 2.15. The van der Waals surface area contributed by atoms with Crippen LogP contribution in [0.4, 0.5) is 0 Å². The van der Waals surface area contributed by atoms with Crippen LogP contribution in [-0.4, -0.2) is 9.55 Å². The second-order valence-corrected chi connectivity index (χ2v) is 4.79. The van der Waals surface area contributed by atoms with Gasteiger partial charge in [0.1, 0.15) is 5.82 Å². The van der Waals surface area contributed by atoms with E-state index in [1.54, 1.807) is 6.20 Å². The van der Waals surface area contributed by atoms with Crippen LogP contribution in [0.3, 0.4) is 0 Å². The molecule has 2 rings (SSSR count). The number of hydrogen-bond acceptors (Lipinski definition) is 2. The lowest BCUT2D eigenvalue weighted by molar-refractivity contribution is 0.713. The molecule has 1 unspecified atom stereocenters. The summed E-state index contributed by atoms with van der Waals surface area (Å²) in [5.41, 5.74) is 8.49. The lowest BCUT2D eigenvalue weighted by Gasteiger charge is -2.14. The smallest absolute Gasteiger partial charge is 0.129 e. The van der Waals surface area contributed by atoms with Crippen LogP contribution in [0, 0.1) is 6.92 Å². The largest absolute Gasteiger partial charge is 0.336 e. The minimum atomic E-state index is -0.173. The number of nitrogens with two attached hydrogens (primary N) is 1. The molecule has 0 radical (unpaired) electrons. The van der Waals surface area contributed by atoms with Gasteiger partial charge in [-0.2, -0.15) is 0 Å². The fourth-order valence-corrected chi connectivity index (χ4v) is 2.28. The SMILES string of the molecule is Cc1cc(Br)ccc1C(N)c1nccn1C. The van der Waals surface area contributed by atoms with E-state index in [0.29, 0.717) is 0 Å². The van der Waals surface area contributed by atoms with E-state index in [1.165, 1.54) is 5.56 Å². The predicted molar refractivity (Wildman–Crippen MR) is 68.1 cm³/mol. The summed E-state index contributed by atoms with van der Waals surface area (Å²) in [5, 5.41) is 0. The zero-order valence-electron chi connectivity index (χ0n) is 9.31. The van der Waals surface area contributed by atoms with Gasteiger partial charge in [-0.3, -0.25) is 0 Å². The Morgan fingerprint density at radius 2 is 2.19 bits per heavy atom. The van der Waals surface area contributed by atoms with Crippen molar-refractivity contribution in [2.24, 2.45) is 12.8 Å². The van der Waals surface area contributed by atoms with Crippen molar-refractivity contribution in [2.75, 3.05) is 0 Å². The molecule has 16 heavy (non-hydrogen) atoms. The number of halogens is 1. The second kappa shape index (κ2) is 4.39. The first-order valence-electron chi connectivity index (χ1n) is 5.08. The zero-order chi connectivity index (χ0) is 11.7. The molecule has 0 saturated carbocycles. The number of nitrogens with zero attached hydrogens (tertiary/aromatic N) is 2. The molecule has 84 valence electrons. The van der Waals surface area contributed by atoms with Gasteiger partial charge in [0.05, 0.1) is 6.04 Å². The molecule has 0 aliphatic carbocycles. The standard InChI is InChI=1S/C12H14BrN3/c1-8-7-9(13)3-4-10(8)11(14)12-15-5-6-16(12)2/h3-7,11H,14H2,1-2H3. The highest BCUT2D eigenvalue weighted by Crippen LogP contribution is 2.23. The van der Waals surface area contributed by atoms with Gasteiger partial charge in [0.15, 0.2) is 0 Å². The maximum Gasteiger partial charge on any atom is 0.129 e. The second-order valence-electron chi connectivity index (χ2n) is 3.87. The third-order valence-electron chi connectivity index (χ3n) is 2.70. The molecule has 1 aromatic carbocycles. The summed E-state index contributed by atoms with van der Waals surface area (Å²) in [6, 6.07) is 5.94. The first-order valence-corrected chi connectivity index (χ1v) is 5.87. The molecule has 3 nitrogen and oxygen atoms in total. The van der Waals surface area contributed by atoms with Crippen molar-refractivity contribution in [3.8, 4) is 0 Å². The van der Waals surface area contributed by atoms with Crippen molar-refractivity contribution in [3.05, 3.63) is 52.0 Å². The van der Waals surface area contributed by atoms with E-state index in [-0.39, 0.29) is 6.04 Å². The molecule has 0 aliphatic heterocycles. The Morgan fingerprint density at radius 1 is 1.44 bits per heavy atom. The molecule has 4 heteroatoms. The number of rotatable bonds is 2. The van der Waals surface area contributed by atoms with Gasteiger partial charge in [-0.15, -0.1) is 0 Å². The molecule has 0 spiro atoms. The van der Waals surface area contributed by atoms with Gasteiger partial charge >= 0.3 is 0 Å². The third kappa shape index (κ3) is 2.03. The summed E-state index contributed by atoms with van der Waals surface area (Å²) >= 11 is 3.45. The van der Waals surface area contributed by atoms with Gasteiger partial charge in [0.2, 0.25) is 0 Å². The molecule has 0 fully saturated rings. The summed E-state index contributed by atoms with van der Waals surface area (Å²) in [7, 11) is 1.95. The molecular weight excluding hydrogens is 266 g/mol. The Balaban J connectivity index is 2.41. The van der Waals surface area contributed by atoms with Crippen molar-refractivity contribution in [3.63, 3.8) is 0 Å². The molecule has 1 atom stereocenters. The molecule has 2 aromatic rings. The molecule has 1 heterocycles. The Kier molecular flexibility index (Phi) is 3.12. The summed E-state index contributed by atoms with van der Waals surface area (Å²) < 4.78 is 3.02. The first kappa shape index (κ1) is 11.4. The Bertz CT molecular complexity index is 505. The Morgan fingerprint density at radius 3 is 2.75 bits per heavy atom. The normalized spacial score (nSPS) is 12.8. The van der Waals surface area contributed by atoms with E-state index >= 15 is 0 Å². The van der Waals surface area contributed by atoms with Crippen molar-refractivity contribution in [2.45, 2.75) is 13.0 Å². The predicted octanol–water partition coefficient (Wildman–Crippen LogP) is 2.54. The van der Waals surface area contributed by atoms with E-state index in [1.807, 2.05) is 29.9 Å². The highest BCUT2D eigenvalue weighted by molar-refractivity contribution is 9.10. The average molecular weight is 280 g/mol. The van der Waals surface area contributed by atoms with Gasteiger partial charge in [0.25, 0.3) is 0 Å². The lowest BCUT2D eigenvalue weighted by Crippen LogP contribution is -2.17. The molecule has 0 bridgehead atoms. The van der Waals surface area contributed by atoms with E-state index in [4.69, 9.17) is 5.73 Å². The fourth-order valence-electron chi connectivity index (χ4n) is 1.80. The fraction of sp³-hybridized carbons (Fsp3) is 0.250. The van der Waals surface area contributed by atoms with Crippen molar-refractivity contribution >= 4 is 15.9 Å². The van der Waals surface area contributed by atoms with E-state index < -0.39 is 0 Å². The van der Waals surface area contributed by atoms with Crippen LogP contribution in [0.25, 0.3) is 0 Å². The summed E-state index contributed by atoms with van der Waals surface area (Å²) in [5.74, 6) is 0.880. The van der Waals surface area contributed by atoms with Crippen LogP contribution < -0.4 is 5.73 Å². The van der Waals surface area contributed by atoms with Crippen LogP contribution in [0.5, 0.6) is 0 Å². The number of hydrogen-bond donors (Lipinski definition) is 1. The minimum Gasteiger partial charge on any atom is -0.336 e. The molecular formula is C12H14BrN3. The van der Waals surface area contributed by atoms with E-state index in [2.05, 4.69) is 33.9 Å². The maximum absolute atomic E-state index is 6.21. The van der Waals surface area contributed by atoms with Crippen LogP contribution in [0.1, 0.15) is 23.0 Å². The van der Waals surface area contributed by atoms with Gasteiger partial charge in [-0.05, 0) is 30.2 Å². The van der Waals surface area contributed by atoms with Gasteiger partial charge in [0, 0.05) is 23.9 Å². The molecule has 0 aliphatic rings. The van der Waals surface area contributed by atoms with Crippen molar-refractivity contribution in [1.29, 1.82) is 0 Å². The molecule has 1 aromatic heterocycles. The van der Waals surface area contributed by atoms with Gasteiger partial charge in [-0.25, -0.2) is 4.98 Å². The number of aromatic nitrogens is 2. The van der Waals surface area contributed by atoms with Crippen molar-refractivity contribution in [1.82, 2.24) is 9.55 Å². The zero-order valence-corrected chi connectivity index (χ0v) is 10.9. The Labute approximate surface area is 103 Å². The average Bonchev–Trinajstić information content (AvgIpc) is 2.63. The van der Waals surface area contributed by atoms with Crippen LogP contribution >= 0.6 is 15.9 Å². The molecule has 2 N–H and O–H groups in total. The summed E-state index contributed by atoms with van der Waals surface area (Å²) in [4.78, 5) is 4.28. The molecule has 0 amide bonds. The lowest BCUT2D eigenvalue weighted by atomic mass is 10.0. The van der Waals surface area contributed by atoms with Crippen LogP contribution in [0.2, 0.25) is 0 Å². The Hall–Kier alpha value is -1.13. The highest BCUT2D eigenvalue weighted by atomic mass is 79.9. The topological polar surface area (TPSA) is 43.8 Å². The van der Waals surface area contributed by atoms with E-state index in [0.717, 1.165) is 15.9 Å². The summed E-state index contributed by atoms with van der Waals surface area (Å²) in [6.07, 6.45) is 3.67. The maximum atomic E-state index is 6.21. The number of imidazole rings is 1. The molecule has 0 saturated heterocycles. The van der Waals surface area contributed by atoms with Gasteiger partial charge in [-0.1, -0.05) is 22.0 Å². The van der Waals surface area contributed by atoms with E-state index in [9.17, 15) is 0 Å². The first-order chi connectivity index (χ1) is 7.59. The van der Waals surface area contributed by atoms with Crippen LogP contribution in [0.15, 0.2) is 35.1 Å². The quantitative estimate of drug-likeness (QED) is 0.918. The van der Waals surface area contributed by atoms with Crippen LogP contribution in [-0.2, 0) is 7.05 Å². The van der Waals surface area contributed by atoms with Gasteiger partial charge < -0.3 is 10.3 Å². The monoisotopic (exact) mass is 279 g/mol. The van der Waals surface area contributed by atoms with Crippen molar-refractivity contribution < 1.29 is 0 Å². The number of aryl methyl sites for hydroxylation is 2. The summed E-state index contributed by atoms with van der Waals surface area (Å²) in [6.45, 7) is 2.06.